The summed E-state index contributed by atoms with van der Waals surface area (Å²) in [5, 5.41) is 9.03. The van der Waals surface area contributed by atoms with Gasteiger partial charge in [0.2, 0.25) is 5.91 Å². The van der Waals surface area contributed by atoms with Crippen molar-refractivity contribution in [3.8, 4) is 11.8 Å². The van der Waals surface area contributed by atoms with Crippen molar-refractivity contribution in [1.29, 1.82) is 5.26 Å². The molecule has 3 rings (SSSR count). The van der Waals surface area contributed by atoms with E-state index in [-0.39, 0.29) is 22.1 Å². The highest BCUT2D eigenvalue weighted by atomic mass is 32.2. The van der Waals surface area contributed by atoms with Gasteiger partial charge in [-0.25, -0.2) is 0 Å². The normalized spacial score (nSPS) is 13.2. The maximum Gasteiger partial charge on any atom is 0.339 e. The fraction of sp³-hybridized carbons (Fsp3) is 0.176. The number of rotatable bonds is 3. The van der Waals surface area contributed by atoms with Gasteiger partial charge in [0.15, 0.2) is 5.75 Å². The monoisotopic (exact) mass is 342 g/mol. The molecule has 1 aliphatic rings. The van der Waals surface area contributed by atoms with E-state index in [2.05, 4.69) is 0 Å². The van der Waals surface area contributed by atoms with Crippen molar-refractivity contribution in [3.05, 3.63) is 53.6 Å². The summed E-state index contributed by atoms with van der Waals surface area (Å²) in [6.45, 7) is 2.01. The molecule has 0 saturated carbocycles. The Kier molecular flexibility index (Phi) is 3.99. The fourth-order valence-electron chi connectivity index (χ4n) is 2.66. The molecule has 0 bridgehead atoms. The van der Waals surface area contributed by atoms with E-state index in [1.54, 1.807) is 23.1 Å². The van der Waals surface area contributed by atoms with Crippen molar-refractivity contribution in [2.75, 3.05) is 11.4 Å². The van der Waals surface area contributed by atoms with E-state index in [4.69, 9.17) is 9.44 Å². The summed E-state index contributed by atoms with van der Waals surface area (Å²) < 4.78 is 30.1. The number of amides is 1. The van der Waals surface area contributed by atoms with Gasteiger partial charge in [0, 0.05) is 19.2 Å². The Morgan fingerprint density at radius 1 is 1.25 bits per heavy atom. The largest absolute Gasteiger partial charge is 0.378 e. The molecule has 0 atom stereocenters. The van der Waals surface area contributed by atoms with E-state index >= 15 is 0 Å². The van der Waals surface area contributed by atoms with Gasteiger partial charge in [0.25, 0.3) is 0 Å². The first-order valence-corrected chi connectivity index (χ1v) is 8.68. The molecule has 1 heterocycles. The van der Waals surface area contributed by atoms with Gasteiger partial charge in [-0.1, -0.05) is 12.1 Å². The smallest absolute Gasteiger partial charge is 0.339 e. The molecule has 0 N–H and O–H groups in total. The third-order valence-electron chi connectivity index (χ3n) is 3.82. The molecule has 1 amide bonds. The van der Waals surface area contributed by atoms with Gasteiger partial charge in [-0.2, -0.15) is 13.7 Å². The summed E-state index contributed by atoms with van der Waals surface area (Å²) in [5.74, 6) is -0.0885. The Labute approximate surface area is 140 Å². The Morgan fingerprint density at radius 3 is 2.71 bits per heavy atom. The Bertz CT molecular complexity index is 961. The van der Waals surface area contributed by atoms with Crippen LogP contribution in [0.5, 0.6) is 5.75 Å². The Balaban J connectivity index is 1.94. The van der Waals surface area contributed by atoms with Crippen LogP contribution in [0.1, 0.15) is 18.1 Å². The first-order chi connectivity index (χ1) is 11.4. The lowest BCUT2D eigenvalue weighted by Crippen LogP contribution is -2.25. The van der Waals surface area contributed by atoms with Crippen LogP contribution in [0, 0.1) is 11.3 Å². The SMILES string of the molecule is CC(=O)N1CCc2cc(S(=O)(=O)Oc3ccccc3C#N)ccc21. The number of carbonyl (C=O) groups excluding carboxylic acids is 1. The van der Waals surface area contributed by atoms with Crippen LogP contribution < -0.4 is 9.08 Å². The van der Waals surface area contributed by atoms with Crippen LogP contribution in [0.2, 0.25) is 0 Å². The molecule has 2 aromatic carbocycles. The lowest BCUT2D eigenvalue weighted by molar-refractivity contribution is -0.116. The topological polar surface area (TPSA) is 87.5 Å². The van der Waals surface area contributed by atoms with E-state index in [1.807, 2.05) is 6.07 Å². The number of carbonyl (C=O) groups is 1. The number of hydrogen-bond donors (Lipinski definition) is 0. The molecular weight excluding hydrogens is 328 g/mol. The highest BCUT2D eigenvalue weighted by molar-refractivity contribution is 7.87. The van der Waals surface area contributed by atoms with Crippen molar-refractivity contribution in [1.82, 2.24) is 0 Å². The van der Waals surface area contributed by atoms with Crippen LogP contribution >= 0.6 is 0 Å². The second-order valence-electron chi connectivity index (χ2n) is 5.36. The lowest BCUT2D eigenvalue weighted by atomic mass is 10.2. The average Bonchev–Trinajstić information content (AvgIpc) is 2.98. The average molecular weight is 342 g/mol. The molecule has 0 fully saturated rings. The predicted octanol–water partition coefficient (Wildman–Crippen LogP) is 2.23. The van der Waals surface area contributed by atoms with Gasteiger partial charge in [0.05, 0.1) is 5.56 Å². The minimum Gasteiger partial charge on any atom is -0.378 e. The first kappa shape index (κ1) is 16.0. The molecule has 7 heteroatoms. The highest BCUT2D eigenvalue weighted by Crippen LogP contribution is 2.31. The van der Waals surface area contributed by atoms with E-state index < -0.39 is 10.1 Å². The Morgan fingerprint density at radius 2 is 2.00 bits per heavy atom. The van der Waals surface area contributed by atoms with Crippen LogP contribution in [-0.4, -0.2) is 20.9 Å². The second kappa shape index (κ2) is 5.98. The van der Waals surface area contributed by atoms with Gasteiger partial charge in [0.1, 0.15) is 11.0 Å². The zero-order valence-electron chi connectivity index (χ0n) is 12.9. The summed E-state index contributed by atoms with van der Waals surface area (Å²) in [5.41, 5.74) is 1.65. The van der Waals surface area contributed by atoms with E-state index in [0.717, 1.165) is 11.3 Å². The molecule has 1 aliphatic heterocycles. The molecule has 0 saturated heterocycles. The zero-order valence-corrected chi connectivity index (χ0v) is 13.7. The number of fused-ring (bicyclic) bond motifs is 1. The van der Waals surface area contributed by atoms with Crippen LogP contribution in [-0.2, 0) is 21.3 Å². The Hall–Kier alpha value is -2.85. The molecule has 122 valence electrons. The highest BCUT2D eigenvalue weighted by Gasteiger charge is 2.26. The molecular formula is C17H14N2O4S. The molecule has 2 aromatic rings. The van der Waals surface area contributed by atoms with Crippen molar-refractivity contribution < 1.29 is 17.4 Å². The number of benzene rings is 2. The molecule has 0 aromatic heterocycles. The van der Waals surface area contributed by atoms with Crippen LogP contribution in [0.15, 0.2) is 47.4 Å². The molecule has 0 spiro atoms. The molecule has 0 aliphatic carbocycles. The summed E-state index contributed by atoms with van der Waals surface area (Å²) in [6.07, 6.45) is 0.590. The van der Waals surface area contributed by atoms with Crippen LogP contribution in [0.3, 0.4) is 0 Å². The van der Waals surface area contributed by atoms with Gasteiger partial charge in [-0.05, 0) is 42.3 Å². The maximum absolute atomic E-state index is 12.5. The van der Waals surface area contributed by atoms with Gasteiger partial charge in [-0.3, -0.25) is 4.79 Å². The van der Waals surface area contributed by atoms with Crippen LogP contribution in [0.4, 0.5) is 5.69 Å². The van der Waals surface area contributed by atoms with Gasteiger partial charge < -0.3 is 9.08 Å². The summed E-state index contributed by atoms with van der Waals surface area (Å²) in [7, 11) is -4.06. The quantitative estimate of drug-likeness (QED) is 0.798. The third kappa shape index (κ3) is 2.84. The maximum atomic E-state index is 12.5. The van der Waals surface area contributed by atoms with Crippen molar-refractivity contribution in [3.63, 3.8) is 0 Å². The minimum atomic E-state index is -4.06. The van der Waals surface area contributed by atoms with E-state index in [1.165, 1.54) is 31.2 Å². The standard InChI is InChI=1S/C17H14N2O4S/c1-12(20)19-9-8-13-10-15(6-7-16(13)19)24(21,22)23-17-5-3-2-4-14(17)11-18/h2-7,10H,8-9H2,1H3. The minimum absolute atomic E-state index is 0.000560. The van der Waals surface area contributed by atoms with Gasteiger partial charge >= 0.3 is 10.1 Å². The second-order valence-corrected chi connectivity index (χ2v) is 6.90. The summed E-state index contributed by atoms with van der Waals surface area (Å²) in [6, 6.07) is 12.6. The van der Waals surface area contributed by atoms with Gasteiger partial charge in [-0.15, -0.1) is 0 Å². The van der Waals surface area contributed by atoms with E-state index in [9.17, 15) is 13.2 Å². The number of hydrogen-bond acceptors (Lipinski definition) is 5. The molecule has 0 radical (unpaired) electrons. The first-order valence-electron chi connectivity index (χ1n) is 7.27. The van der Waals surface area contributed by atoms with Crippen molar-refractivity contribution >= 4 is 21.7 Å². The number of anilines is 1. The lowest BCUT2D eigenvalue weighted by Gasteiger charge is -2.15. The zero-order chi connectivity index (χ0) is 17.3. The number of nitrogens with zero attached hydrogens (tertiary/aromatic N) is 2. The van der Waals surface area contributed by atoms with Crippen molar-refractivity contribution in [2.24, 2.45) is 0 Å². The fourth-order valence-corrected chi connectivity index (χ4v) is 3.66. The van der Waals surface area contributed by atoms with Crippen molar-refractivity contribution in [2.45, 2.75) is 18.2 Å². The number of nitriles is 1. The summed E-state index contributed by atoms with van der Waals surface area (Å²) in [4.78, 5) is 13.2. The van der Waals surface area contributed by atoms with Crippen LogP contribution in [0.25, 0.3) is 0 Å². The molecule has 0 unspecified atom stereocenters. The number of para-hydroxylation sites is 1. The predicted molar refractivity (Wildman–Crippen MR) is 87.1 cm³/mol. The van der Waals surface area contributed by atoms with E-state index in [0.29, 0.717) is 13.0 Å². The molecule has 6 nitrogen and oxygen atoms in total. The summed E-state index contributed by atoms with van der Waals surface area (Å²) >= 11 is 0. The third-order valence-corrected chi connectivity index (χ3v) is 5.05. The molecule has 24 heavy (non-hydrogen) atoms.